The number of sulfone groups is 1. The molecule has 6 heteroatoms. The molecule has 0 unspecified atom stereocenters. The first kappa shape index (κ1) is 16.9. The van der Waals surface area contributed by atoms with Crippen molar-refractivity contribution in [2.45, 2.75) is 17.7 Å². The maximum Gasteiger partial charge on any atom is 0.314 e. The molecule has 126 valence electrons. The van der Waals surface area contributed by atoms with Gasteiger partial charge < -0.3 is 4.74 Å². The Morgan fingerprint density at radius 3 is 2.28 bits per heavy atom. The van der Waals surface area contributed by atoms with Gasteiger partial charge in [-0.1, -0.05) is 30.3 Å². The number of carbonyl (C=O) groups excluding carboxylic acids is 1. The van der Waals surface area contributed by atoms with Crippen LogP contribution in [0.5, 0.6) is 5.75 Å². The standard InChI is InChI=1S/C19H15NO4S/c20-13-18(25(22,23)17-4-2-1-3-5-17)12-14-6-10-16(11-7-14)24-19(21)15-8-9-15/h1-7,10-12,15H,8-9H2/b18-12+. The molecule has 0 N–H and O–H groups in total. The van der Waals surface area contributed by atoms with Gasteiger partial charge in [0.2, 0.25) is 9.84 Å². The molecule has 0 aromatic heterocycles. The fourth-order valence-electron chi connectivity index (χ4n) is 2.20. The second-order valence-electron chi connectivity index (χ2n) is 5.70. The Labute approximate surface area is 146 Å². The lowest BCUT2D eigenvalue weighted by Crippen LogP contribution is -2.09. The molecular weight excluding hydrogens is 338 g/mol. The van der Waals surface area contributed by atoms with Crippen molar-refractivity contribution in [3.05, 3.63) is 65.1 Å². The molecule has 1 aliphatic rings. The molecule has 1 saturated carbocycles. The molecule has 0 aliphatic heterocycles. The average molecular weight is 353 g/mol. The van der Waals surface area contributed by atoms with Crippen LogP contribution in [0.3, 0.4) is 0 Å². The maximum atomic E-state index is 12.5. The van der Waals surface area contributed by atoms with Crippen LogP contribution >= 0.6 is 0 Å². The number of benzene rings is 2. The number of ether oxygens (including phenoxy) is 1. The second-order valence-corrected chi connectivity index (χ2v) is 7.62. The molecule has 1 aliphatic carbocycles. The minimum atomic E-state index is -3.87. The summed E-state index contributed by atoms with van der Waals surface area (Å²) in [6, 6.07) is 15.9. The van der Waals surface area contributed by atoms with E-state index in [9.17, 15) is 18.5 Å². The zero-order valence-corrected chi connectivity index (χ0v) is 14.1. The predicted molar refractivity (Wildman–Crippen MR) is 92.0 cm³/mol. The Bertz CT molecular complexity index is 951. The summed E-state index contributed by atoms with van der Waals surface area (Å²) in [6.07, 6.45) is 3.03. The first-order chi connectivity index (χ1) is 12.0. The highest BCUT2D eigenvalue weighted by molar-refractivity contribution is 7.95. The zero-order chi connectivity index (χ0) is 17.9. The first-order valence-electron chi connectivity index (χ1n) is 7.74. The van der Waals surface area contributed by atoms with Crippen molar-refractivity contribution < 1.29 is 17.9 Å². The van der Waals surface area contributed by atoms with Gasteiger partial charge in [-0.25, -0.2) is 8.42 Å². The maximum absolute atomic E-state index is 12.5. The van der Waals surface area contributed by atoms with Crippen LogP contribution in [-0.2, 0) is 14.6 Å². The minimum Gasteiger partial charge on any atom is -0.426 e. The first-order valence-corrected chi connectivity index (χ1v) is 9.23. The SMILES string of the molecule is N#C/C(=C\c1ccc(OC(=O)C2CC2)cc1)S(=O)(=O)c1ccccc1. The van der Waals surface area contributed by atoms with E-state index in [-0.39, 0.29) is 21.7 Å². The van der Waals surface area contributed by atoms with Gasteiger partial charge in [-0.15, -0.1) is 0 Å². The van der Waals surface area contributed by atoms with Crippen LogP contribution in [0.25, 0.3) is 6.08 Å². The zero-order valence-electron chi connectivity index (χ0n) is 13.3. The van der Waals surface area contributed by atoms with Crippen molar-refractivity contribution in [3.8, 4) is 11.8 Å². The summed E-state index contributed by atoms with van der Waals surface area (Å²) in [6.45, 7) is 0. The normalized spacial score (nSPS) is 14.6. The third-order valence-electron chi connectivity index (χ3n) is 3.76. The summed E-state index contributed by atoms with van der Waals surface area (Å²) in [5.74, 6) is 0.159. The quantitative estimate of drug-likeness (QED) is 0.468. The van der Waals surface area contributed by atoms with Gasteiger partial charge in [0.15, 0.2) is 0 Å². The molecule has 1 fully saturated rings. The van der Waals surface area contributed by atoms with Gasteiger partial charge in [-0.2, -0.15) is 5.26 Å². The van der Waals surface area contributed by atoms with E-state index in [0.29, 0.717) is 11.3 Å². The number of hydrogen-bond donors (Lipinski definition) is 0. The molecule has 0 spiro atoms. The van der Waals surface area contributed by atoms with Crippen LogP contribution in [0.15, 0.2) is 64.4 Å². The summed E-state index contributed by atoms with van der Waals surface area (Å²) >= 11 is 0. The Kier molecular flexibility index (Phi) is 4.68. The number of nitrogens with zero attached hydrogens (tertiary/aromatic N) is 1. The topological polar surface area (TPSA) is 84.2 Å². The highest BCUT2D eigenvalue weighted by Gasteiger charge is 2.31. The molecule has 5 nitrogen and oxygen atoms in total. The van der Waals surface area contributed by atoms with Gasteiger partial charge in [-0.05, 0) is 48.7 Å². The number of allylic oxidation sites excluding steroid dienone is 1. The van der Waals surface area contributed by atoms with Gasteiger partial charge in [0.1, 0.15) is 16.7 Å². The van der Waals surface area contributed by atoms with E-state index in [1.165, 1.54) is 18.2 Å². The summed E-state index contributed by atoms with van der Waals surface area (Å²) in [5.41, 5.74) is 0.530. The van der Waals surface area contributed by atoms with Crippen molar-refractivity contribution in [1.82, 2.24) is 0 Å². The monoisotopic (exact) mass is 353 g/mol. The lowest BCUT2D eigenvalue weighted by atomic mass is 10.2. The van der Waals surface area contributed by atoms with Crippen LogP contribution in [0.2, 0.25) is 0 Å². The van der Waals surface area contributed by atoms with Gasteiger partial charge >= 0.3 is 5.97 Å². The molecule has 2 aromatic rings. The predicted octanol–water partition coefficient (Wildman–Crippen LogP) is 3.34. The smallest absolute Gasteiger partial charge is 0.314 e. The summed E-state index contributed by atoms with van der Waals surface area (Å²) in [4.78, 5) is 11.3. The Morgan fingerprint density at radius 2 is 1.72 bits per heavy atom. The van der Waals surface area contributed by atoms with Crippen LogP contribution in [-0.4, -0.2) is 14.4 Å². The highest BCUT2D eigenvalue weighted by Crippen LogP contribution is 2.31. The van der Waals surface area contributed by atoms with E-state index in [2.05, 4.69) is 0 Å². The van der Waals surface area contributed by atoms with Crippen LogP contribution in [0.4, 0.5) is 0 Å². The Balaban J connectivity index is 1.82. The van der Waals surface area contributed by atoms with E-state index in [1.54, 1.807) is 48.5 Å². The Morgan fingerprint density at radius 1 is 1.08 bits per heavy atom. The van der Waals surface area contributed by atoms with Crippen LogP contribution in [0, 0.1) is 17.2 Å². The fourth-order valence-corrected chi connectivity index (χ4v) is 3.38. The summed E-state index contributed by atoms with van der Waals surface area (Å²) < 4.78 is 30.2. The molecule has 2 aromatic carbocycles. The molecular formula is C19H15NO4S. The number of hydrogen-bond acceptors (Lipinski definition) is 5. The summed E-state index contributed by atoms with van der Waals surface area (Å²) in [7, 11) is -3.87. The molecule has 0 saturated heterocycles. The molecule has 25 heavy (non-hydrogen) atoms. The highest BCUT2D eigenvalue weighted by atomic mass is 32.2. The van der Waals surface area contributed by atoms with E-state index in [4.69, 9.17) is 4.74 Å². The third kappa shape index (κ3) is 3.95. The Hall–Kier alpha value is -2.91. The number of carbonyl (C=O) groups is 1. The average Bonchev–Trinajstić information content (AvgIpc) is 3.47. The lowest BCUT2D eigenvalue weighted by Gasteiger charge is -2.05. The summed E-state index contributed by atoms with van der Waals surface area (Å²) in [5, 5.41) is 9.26. The fraction of sp³-hybridized carbons (Fsp3) is 0.158. The van der Waals surface area contributed by atoms with Gasteiger partial charge in [-0.3, -0.25) is 4.79 Å². The molecule has 0 amide bonds. The van der Waals surface area contributed by atoms with Gasteiger partial charge in [0.05, 0.1) is 10.8 Å². The van der Waals surface area contributed by atoms with Crippen molar-refractivity contribution in [1.29, 1.82) is 5.26 Å². The van der Waals surface area contributed by atoms with Crippen molar-refractivity contribution in [2.24, 2.45) is 5.92 Å². The lowest BCUT2D eigenvalue weighted by molar-refractivity contribution is -0.135. The van der Waals surface area contributed by atoms with Gasteiger partial charge in [0, 0.05) is 0 Å². The van der Waals surface area contributed by atoms with Crippen LogP contribution < -0.4 is 4.74 Å². The third-order valence-corrected chi connectivity index (χ3v) is 5.44. The van der Waals surface area contributed by atoms with Crippen molar-refractivity contribution >= 4 is 21.9 Å². The number of nitriles is 1. The number of rotatable bonds is 5. The molecule has 0 radical (unpaired) electrons. The molecule has 0 heterocycles. The largest absolute Gasteiger partial charge is 0.426 e. The minimum absolute atomic E-state index is 0.000722. The molecule has 0 atom stereocenters. The van der Waals surface area contributed by atoms with E-state index in [1.807, 2.05) is 0 Å². The van der Waals surface area contributed by atoms with E-state index >= 15 is 0 Å². The van der Waals surface area contributed by atoms with Crippen molar-refractivity contribution in [3.63, 3.8) is 0 Å². The van der Waals surface area contributed by atoms with Crippen LogP contribution in [0.1, 0.15) is 18.4 Å². The number of esters is 1. The van der Waals surface area contributed by atoms with Crippen molar-refractivity contribution in [2.75, 3.05) is 0 Å². The second kappa shape index (κ2) is 6.91. The van der Waals surface area contributed by atoms with E-state index < -0.39 is 9.84 Å². The molecule has 0 bridgehead atoms. The molecule has 3 rings (SSSR count). The van der Waals surface area contributed by atoms with Gasteiger partial charge in [0.25, 0.3) is 0 Å². The van der Waals surface area contributed by atoms with E-state index in [0.717, 1.165) is 12.8 Å².